The fourth-order valence-electron chi connectivity index (χ4n) is 2.60. The molecule has 0 saturated heterocycles. The van der Waals surface area contributed by atoms with Crippen molar-refractivity contribution < 1.29 is 0 Å². The molecule has 0 radical (unpaired) electrons. The Kier molecular flexibility index (Phi) is 2.02. The number of aromatic nitrogens is 2. The maximum atomic E-state index is 11.7. The highest BCUT2D eigenvalue weighted by molar-refractivity contribution is 5.22. The van der Waals surface area contributed by atoms with Gasteiger partial charge in [-0.05, 0) is 37.0 Å². The van der Waals surface area contributed by atoms with E-state index in [0.29, 0.717) is 6.54 Å². The molecule has 5 heteroatoms. The molecule has 88 valence electrons. The lowest BCUT2D eigenvalue weighted by Crippen LogP contribution is -2.33. The third-order valence-electron chi connectivity index (χ3n) is 3.95. The summed E-state index contributed by atoms with van der Waals surface area (Å²) in [6.07, 6.45) is 6.21. The van der Waals surface area contributed by atoms with Gasteiger partial charge in [0.25, 0.3) is 5.56 Å². The fraction of sp³-hybridized carbons (Fsp3) is 0.583. The van der Waals surface area contributed by atoms with Gasteiger partial charge in [-0.2, -0.15) is 5.26 Å². The summed E-state index contributed by atoms with van der Waals surface area (Å²) in [6.45, 7) is 0.641. The van der Waals surface area contributed by atoms with Crippen molar-refractivity contribution in [2.45, 2.75) is 32.2 Å². The molecule has 17 heavy (non-hydrogen) atoms. The summed E-state index contributed by atoms with van der Waals surface area (Å²) < 4.78 is 1.49. The number of hydrogen-bond acceptors (Lipinski definition) is 3. The van der Waals surface area contributed by atoms with Gasteiger partial charge in [0.15, 0.2) is 0 Å². The number of nitrogens with zero attached hydrogens (tertiary/aromatic N) is 2. The first-order chi connectivity index (χ1) is 8.14. The Morgan fingerprint density at radius 2 is 2.18 bits per heavy atom. The first-order valence-corrected chi connectivity index (χ1v) is 5.88. The molecule has 0 spiro atoms. The van der Waals surface area contributed by atoms with Crippen molar-refractivity contribution in [1.29, 1.82) is 5.26 Å². The third kappa shape index (κ3) is 1.70. The van der Waals surface area contributed by atoms with Crippen molar-refractivity contribution in [2.75, 3.05) is 0 Å². The van der Waals surface area contributed by atoms with Gasteiger partial charge in [0.2, 0.25) is 0 Å². The van der Waals surface area contributed by atoms with Gasteiger partial charge < -0.3 is 0 Å². The zero-order valence-corrected chi connectivity index (χ0v) is 9.40. The minimum atomic E-state index is -0.593. The van der Waals surface area contributed by atoms with Crippen LogP contribution in [0.5, 0.6) is 0 Å². The topological polar surface area (TPSA) is 78.7 Å². The summed E-state index contributed by atoms with van der Waals surface area (Å²) in [5.74, 6) is 0.742. The molecule has 1 aromatic rings. The highest BCUT2D eigenvalue weighted by Crippen LogP contribution is 2.62. The molecule has 0 unspecified atom stereocenters. The number of nitriles is 1. The minimum Gasteiger partial charge on any atom is -0.299 e. The molecule has 0 amide bonds. The molecule has 1 N–H and O–H groups in total. The molecule has 2 aliphatic rings. The smallest absolute Gasteiger partial charge is 0.299 e. The molecule has 0 aromatic carbocycles. The normalized spacial score (nSPS) is 20.9. The molecule has 1 aromatic heterocycles. The molecule has 2 fully saturated rings. The first-order valence-electron chi connectivity index (χ1n) is 5.88. The van der Waals surface area contributed by atoms with Gasteiger partial charge >= 0.3 is 5.69 Å². The predicted octanol–water partition coefficient (Wildman–Crippen LogP) is 0.598. The molecular weight excluding hydrogens is 218 g/mol. The molecule has 3 rings (SSSR count). The molecule has 2 aliphatic carbocycles. The molecule has 5 nitrogen and oxygen atoms in total. The van der Waals surface area contributed by atoms with E-state index in [-0.39, 0.29) is 11.0 Å². The van der Waals surface area contributed by atoms with Crippen LogP contribution >= 0.6 is 0 Å². The zero-order valence-electron chi connectivity index (χ0n) is 9.40. The number of hydrogen-bond donors (Lipinski definition) is 1. The van der Waals surface area contributed by atoms with Gasteiger partial charge in [-0.25, -0.2) is 4.79 Å². The quantitative estimate of drug-likeness (QED) is 0.827. The Hall–Kier alpha value is -1.83. The van der Waals surface area contributed by atoms with Gasteiger partial charge in [0, 0.05) is 12.7 Å². The van der Waals surface area contributed by atoms with Crippen LogP contribution in [0.15, 0.2) is 15.8 Å². The van der Waals surface area contributed by atoms with Gasteiger partial charge in [0.1, 0.15) is 11.6 Å². The molecule has 2 saturated carbocycles. The van der Waals surface area contributed by atoms with Crippen LogP contribution in [-0.2, 0) is 6.54 Å². The van der Waals surface area contributed by atoms with Crippen molar-refractivity contribution in [1.82, 2.24) is 9.55 Å². The molecule has 0 bridgehead atoms. The second kappa shape index (κ2) is 3.33. The summed E-state index contributed by atoms with van der Waals surface area (Å²) in [7, 11) is 0. The number of nitrogens with one attached hydrogen (secondary N) is 1. The van der Waals surface area contributed by atoms with E-state index in [9.17, 15) is 9.59 Å². The Morgan fingerprint density at radius 1 is 1.47 bits per heavy atom. The number of rotatable bonds is 3. The summed E-state index contributed by atoms with van der Waals surface area (Å²) in [5.41, 5.74) is -0.712. The molecular formula is C12H13N3O2. The average Bonchev–Trinajstić information content (AvgIpc) is 3.14. The van der Waals surface area contributed by atoms with Gasteiger partial charge in [-0.1, -0.05) is 0 Å². The second-order valence-electron chi connectivity index (χ2n) is 5.18. The lowest BCUT2D eigenvalue weighted by atomic mass is 10.0. The lowest BCUT2D eigenvalue weighted by molar-refractivity contribution is 0.360. The maximum absolute atomic E-state index is 11.7. The highest BCUT2D eigenvalue weighted by Gasteiger charge is 2.53. The Morgan fingerprint density at radius 3 is 2.71 bits per heavy atom. The minimum absolute atomic E-state index is 0.0104. The van der Waals surface area contributed by atoms with Crippen LogP contribution < -0.4 is 11.2 Å². The van der Waals surface area contributed by atoms with Crippen LogP contribution in [0, 0.1) is 22.7 Å². The summed E-state index contributed by atoms with van der Waals surface area (Å²) in [5, 5.41) is 8.78. The predicted molar refractivity (Wildman–Crippen MR) is 60.4 cm³/mol. The Bertz CT molecular complexity index is 612. The molecule has 1 heterocycles. The summed E-state index contributed by atoms with van der Waals surface area (Å²) in [6, 6.07) is 1.81. The van der Waals surface area contributed by atoms with Crippen molar-refractivity contribution in [3.63, 3.8) is 0 Å². The van der Waals surface area contributed by atoms with E-state index in [1.807, 2.05) is 6.07 Å². The van der Waals surface area contributed by atoms with E-state index >= 15 is 0 Å². The zero-order chi connectivity index (χ0) is 12.0. The van der Waals surface area contributed by atoms with E-state index in [0.717, 1.165) is 18.8 Å². The summed E-state index contributed by atoms with van der Waals surface area (Å²) in [4.78, 5) is 25.1. The highest BCUT2D eigenvalue weighted by atomic mass is 16.2. The van der Waals surface area contributed by atoms with Crippen LogP contribution in [0.1, 0.15) is 31.2 Å². The van der Waals surface area contributed by atoms with Crippen molar-refractivity contribution in [3.8, 4) is 6.07 Å². The monoisotopic (exact) mass is 231 g/mol. The van der Waals surface area contributed by atoms with Crippen LogP contribution in [0.2, 0.25) is 0 Å². The van der Waals surface area contributed by atoms with Crippen molar-refractivity contribution in [2.24, 2.45) is 11.3 Å². The molecule has 0 atom stereocenters. The van der Waals surface area contributed by atoms with E-state index in [4.69, 9.17) is 5.26 Å². The van der Waals surface area contributed by atoms with E-state index in [1.54, 1.807) is 0 Å². The van der Waals surface area contributed by atoms with E-state index in [2.05, 4.69) is 4.98 Å². The second-order valence-corrected chi connectivity index (χ2v) is 5.18. The number of H-pyrrole nitrogens is 1. The van der Waals surface area contributed by atoms with Crippen LogP contribution in [0.3, 0.4) is 0 Å². The standard InChI is InChI=1S/C12H13N3O2/c13-5-8-6-15(11(17)14-10(8)16)7-12(3-4-12)9-1-2-9/h6,9H,1-4,7H2,(H,14,16,17). The van der Waals surface area contributed by atoms with E-state index in [1.165, 1.54) is 23.6 Å². The average molecular weight is 231 g/mol. The SMILES string of the molecule is N#Cc1cn(CC2(C3CC3)CC2)c(=O)[nH]c1=O. The number of aromatic amines is 1. The first kappa shape index (κ1) is 10.3. The summed E-state index contributed by atoms with van der Waals surface area (Å²) >= 11 is 0. The van der Waals surface area contributed by atoms with Crippen LogP contribution in [0.4, 0.5) is 0 Å². The van der Waals surface area contributed by atoms with Crippen LogP contribution in [-0.4, -0.2) is 9.55 Å². The van der Waals surface area contributed by atoms with Gasteiger partial charge in [-0.15, -0.1) is 0 Å². The van der Waals surface area contributed by atoms with Crippen LogP contribution in [0.25, 0.3) is 0 Å². The molecule has 0 aliphatic heterocycles. The third-order valence-corrected chi connectivity index (χ3v) is 3.95. The van der Waals surface area contributed by atoms with Gasteiger partial charge in [-0.3, -0.25) is 14.3 Å². The fourth-order valence-corrected chi connectivity index (χ4v) is 2.60. The van der Waals surface area contributed by atoms with Gasteiger partial charge in [0.05, 0.1) is 0 Å². The maximum Gasteiger partial charge on any atom is 0.328 e. The Labute approximate surface area is 97.7 Å². The van der Waals surface area contributed by atoms with E-state index < -0.39 is 11.2 Å². The Balaban J connectivity index is 1.96. The van der Waals surface area contributed by atoms with Crippen molar-refractivity contribution in [3.05, 3.63) is 32.6 Å². The lowest BCUT2D eigenvalue weighted by Gasteiger charge is -2.15. The largest absolute Gasteiger partial charge is 0.328 e. The van der Waals surface area contributed by atoms with Crippen molar-refractivity contribution >= 4 is 0 Å².